The van der Waals surface area contributed by atoms with Gasteiger partial charge in [-0.2, -0.15) is 5.06 Å². The summed E-state index contributed by atoms with van der Waals surface area (Å²) in [5, 5.41) is 1.64. The van der Waals surface area contributed by atoms with Gasteiger partial charge in [-0.1, -0.05) is 0 Å². The minimum absolute atomic E-state index is 0.148. The Bertz CT molecular complexity index is 527. The van der Waals surface area contributed by atoms with Crippen LogP contribution in [-0.2, 0) is 14.4 Å². The van der Waals surface area contributed by atoms with Crippen LogP contribution in [0.3, 0.4) is 0 Å². The van der Waals surface area contributed by atoms with E-state index in [9.17, 15) is 9.59 Å². The predicted octanol–water partition coefficient (Wildman–Crippen LogP) is 0.958. The predicted molar refractivity (Wildman–Crippen MR) is 65.7 cm³/mol. The number of amides is 2. The molecule has 0 spiro atoms. The molecule has 0 aromatic carbocycles. The lowest BCUT2D eigenvalue weighted by Gasteiger charge is -2.21. The molecule has 3 heterocycles. The summed E-state index contributed by atoms with van der Waals surface area (Å²) >= 11 is 1.64. The molecule has 1 aromatic heterocycles. The lowest BCUT2D eigenvalue weighted by molar-refractivity contribution is -0.168. The van der Waals surface area contributed by atoms with Gasteiger partial charge in [-0.3, -0.25) is 19.3 Å². The van der Waals surface area contributed by atoms with Gasteiger partial charge in [0.25, 0.3) is 5.91 Å². The number of rotatable bonds is 1. The molecule has 0 bridgehead atoms. The largest absolute Gasteiger partial charge is 0.284 e. The van der Waals surface area contributed by atoms with E-state index in [0.717, 1.165) is 4.88 Å². The Morgan fingerprint density at radius 3 is 2.56 bits per heavy atom. The van der Waals surface area contributed by atoms with Crippen LogP contribution in [0, 0.1) is 12.8 Å². The summed E-state index contributed by atoms with van der Waals surface area (Å²) in [6, 6.07) is 3.87. The standard InChI is InChI=1S/C12H14N2O3S/c1-6-4-5-7(18-6)9-8-10(17-14(9)3)12(16)13(2)11(8)15/h4-5,8-10H,1-3H3/t8-,9+,10+/m1/s1. The van der Waals surface area contributed by atoms with E-state index in [1.54, 1.807) is 23.4 Å². The van der Waals surface area contributed by atoms with E-state index in [1.807, 2.05) is 19.1 Å². The van der Waals surface area contributed by atoms with Crippen molar-refractivity contribution in [1.29, 1.82) is 0 Å². The van der Waals surface area contributed by atoms with Gasteiger partial charge in [0.2, 0.25) is 5.91 Å². The van der Waals surface area contributed by atoms with Crippen molar-refractivity contribution in [2.45, 2.75) is 19.1 Å². The van der Waals surface area contributed by atoms with Gasteiger partial charge >= 0.3 is 0 Å². The first-order valence-electron chi connectivity index (χ1n) is 5.78. The number of aryl methyl sites for hydroxylation is 1. The van der Waals surface area contributed by atoms with Crippen LogP contribution in [0.1, 0.15) is 15.8 Å². The highest BCUT2D eigenvalue weighted by Crippen LogP contribution is 2.44. The molecule has 5 nitrogen and oxygen atoms in total. The number of nitrogens with zero attached hydrogens (tertiary/aromatic N) is 2. The molecule has 2 saturated heterocycles. The maximum absolute atomic E-state index is 12.1. The number of thiophene rings is 1. The zero-order valence-electron chi connectivity index (χ0n) is 10.4. The van der Waals surface area contributed by atoms with Crippen LogP contribution in [0.15, 0.2) is 12.1 Å². The Hall–Kier alpha value is -1.24. The smallest absolute Gasteiger partial charge is 0.261 e. The third-order valence-electron chi connectivity index (χ3n) is 3.58. The lowest BCUT2D eigenvalue weighted by atomic mass is 9.96. The van der Waals surface area contributed by atoms with Gasteiger partial charge in [-0.25, -0.2) is 0 Å². The number of hydroxylamine groups is 2. The van der Waals surface area contributed by atoms with Crippen LogP contribution in [0.25, 0.3) is 0 Å². The molecule has 0 saturated carbocycles. The molecule has 6 heteroatoms. The van der Waals surface area contributed by atoms with Crippen molar-refractivity contribution in [2.75, 3.05) is 14.1 Å². The molecule has 18 heavy (non-hydrogen) atoms. The fourth-order valence-electron chi connectivity index (χ4n) is 2.66. The number of likely N-dealkylation sites (N-methyl/N-ethyl adjacent to an activating group) is 1. The van der Waals surface area contributed by atoms with Crippen molar-refractivity contribution < 1.29 is 14.4 Å². The molecule has 2 aliphatic heterocycles. The number of likely N-dealkylation sites (tertiary alicyclic amines) is 1. The Labute approximate surface area is 109 Å². The van der Waals surface area contributed by atoms with E-state index >= 15 is 0 Å². The Balaban J connectivity index is 2.00. The molecule has 1 aromatic rings. The van der Waals surface area contributed by atoms with Crippen molar-refractivity contribution in [3.8, 4) is 0 Å². The summed E-state index contributed by atoms with van der Waals surface area (Å²) in [7, 11) is 3.29. The minimum atomic E-state index is -0.653. The maximum atomic E-state index is 12.1. The number of hydrogen-bond donors (Lipinski definition) is 0. The van der Waals surface area contributed by atoms with Crippen molar-refractivity contribution in [1.82, 2.24) is 9.96 Å². The van der Waals surface area contributed by atoms with Crippen LogP contribution in [-0.4, -0.2) is 42.0 Å². The monoisotopic (exact) mass is 266 g/mol. The molecule has 3 rings (SSSR count). The molecule has 0 aliphatic carbocycles. The van der Waals surface area contributed by atoms with Crippen molar-refractivity contribution in [2.24, 2.45) is 5.92 Å². The SMILES string of the molecule is Cc1ccc([C@H]2[C@H]3C(=O)N(C)C(=O)[C@H]3ON2C)s1. The molecule has 0 unspecified atom stereocenters. The second-order valence-electron chi connectivity index (χ2n) is 4.73. The summed E-state index contributed by atoms with van der Waals surface area (Å²) in [5.41, 5.74) is 0. The first kappa shape index (κ1) is 11.8. The fraction of sp³-hybridized carbons (Fsp3) is 0.500. The summed E-state index contributed by atoms with van der Waals surface area (Å²) < 4.78 is 0. The molecular weight excluding hydrogens is 252 g/mol. The molecule has 2 fully saturated rings. The van der Waals surface area contributed by atoms with Gasteiger partial charge in [0, 0.05) is 23.8 Å². The Kier molecular flexibility index (Phi) is 2.55. The first-order chi connectivity index (χ1) is 8.50. The normalized spacial score (nSPS) is 32.4. The van der Waals surface area contributed by atoms with Gasteiger partial charge in [0.15, 0.2) is 6.10 Å². The third-order valence-corrected chi connectivity index (χ3v) is 4.65. The van der Waals surface area contributed by atoms with Crippen LogP contribution in [0.5, 0.6) is 0 Å². The Morgan fingerprint density at radius 1 is 1.22 bits per heavy atom. The third kappa shape index (κ3) is 1.46. The molecular formula is C12H14N2O3S. The Morgan fingerprint density at radius 2 is 1.94 bits per heavy atom. The highest BCUT2D eigenvalue weighted by atomic mass is 32.1. The summed E-state index contributed by atoms with van der Waals surface area (Å²) in [4.78, 5) is 33.0. The van der Waals surface area contributed by atoms with Crippen LogP contribution >= 0.6 is 11.3 Å². The zero-order chi connectivity index (χ0) is 13.0. The second-order valence-corrected chi connectivity index (χ2v) is 6.05. The first-order valence-corrected chi connectivity index (χ1v) is 6.59. The molecule has 96 valence electrons. The average molecular weight is 266 g/mol. The number of carbonyl (C=O) groups excluding carboxylic acids is 2. The average Bonchev–Trinajstić information content (AvgIpc) is 2.94. The molecule has 3 atom stereocenters. The summed E-state index contributed by atoms with van der Waals surface area (Å²) in [6.45, 7) is 2.02. The van der Waals surface area contributed by atoms with E-state index in [0.29, 0.717) is 0 Å². The van der Waals surface area contributed by atoms with E-state index in [4.69, 9.17) is 4.84 Å². The van der Waals surface area contributed by atoms with E-state index in [2.05, 4.69) is 0 Å². The number of hydrogen-bond acceptors (Lipinski definition) is 5. The quantitative estimate of drug-likeness (QED) is 0.710. The molecule has 2 amide bonds. The highest BCUT2D eigenvalue weighted by Gasteiger charge is 2.57. The number of imide groups is 1. The fourth-order valence-corrected chi connectivity index (χ4v) is 3.72. The van der Waals surface area contributed by atoms with Crippen LogP contribution in [0.4, 0.5) is 0 Å². The van der Waals surface area contributed by atoms with E-state index < -0.39 is 12.0 Å². The number of carbonyl (C=O) groups is 2. The van der Waals surface area contributed by atoms with Gasteiger partial charge < -0.3 is 0 Å². The van der Waals surface area contributed by atoms with Gasteiger partial charge in [-0.05, 0) is 19.1 Å². The zero-order valence-corrected chi connectivity index (χ0v) is 11.2. The van der Waals surface area contributed by atoms with Gasteiger partial charge in [0.05, 0.1) is 12.0 Å². The summed E-state index contributed by atoms with van der Waals surface area (Å²) in [6.07, 6.45) is -0.653. The van der Waals surface area contributed by atoms with Crippen LogP contribution in [0.2, 0.25) is 0 Å². The lowest BCUT2D eigenvalue weighted by Crippen LogP contribution is -2.33. The van der Waals surface area contributed by atoms with E-state index in [-0.39, 0.29) is 17.9 Å². The highest BCUT2D eigenvalue weighted by molar-refractivity contribution is 7.12. The minimum Gasteiger partial charge on any atom is -0.284 e. The van der Waals surface area contributed by atoms with Gasteiger partial charge in [0.1, 0.15) is 0 Å². The molecule has 2 aliphatic rings. The molecule has 0 radical (unpaired) electrons. The maximum Gasteiger partial charge on any atom is 0.261 e. The van der Waals surface area contributed by atoms with Crippen LogP contribution < -0.4 is 0 Å². The molecule has 0 N–H and O–H groups in total. The van der Waals surface area contributed by atoms with E-state index in [1.165, 1.54) is 16.8 Å². The van der Waals surface area contributed by atoms with Crippen molar-refractivity contribution in [3.63, 3.8) is 0 Å². The second kappa shape index (κ2) is 3.88. The summed E-state index contributed by atoms with van der Waals surface area (Å²) in [5.74, 6) is -0.802. The van der Waals surface area contributed by atoms with Crippen molar-refractivity contribution in [3.05, 3.63) is 21.9 Å². The number of fused-ring (bicyclic) bond motifs is 1. The topological polar surface area (TPSA) is 49.9 Å². The van der Waals surface area contributed by atoms with Gasteiger partial charge in [-0.15, -0.1) is 11.3 Å². The van der Waals surface area contributed by atoms with Crippen molar-refractivity contribution >= 4 is 23.2 Å².